The van der Waals surface area contributed by atoms with E-state index in [1.807, 2.05) is 31.2 Å². The predicted octanol–water partition coefficient (Wildman–Crippen LogP) is 3.49. The van der Waals surface area contributed by atoms with E-state index in [0.717, 1.165) is 5.75 Å². The van der Waals surface area contributed by atoms with Crippen molar-refractivity contribution in [2.45, 2.75) is 13.8 Å². The molecule has 2 aromatic carbocycles. The highest BCUT2D eigenvalue weighted by atomic mass is 16.5. The van der Waals surface area contributed by atoms with Crippen LogP contribution in [0.2, 0.25) is 0 Å². The van der Waals surface area contributed by atoms with Crippen molar-refractivity contribution < 1.29 is 19.1 Å². The number of carbonyl (C=O) groups is 2. The van der Waals surface area contributed by atoms with Gasteiger partial charge in [-0.3, -0.25) is 4.79 Å². The summed E-state index contributed by atoms with van der Waals surface area (Å²) in [6, 6.07) is 13.7. The van der Waals surface area contributed by atoms with E-state index >= 15 is 0 Å². The van der Waals surface area contributed by atoms with Crippen LogP contribution < -0.4 is 20.1 Å². The van der Waals surface area contributed by atoms with E-state index in [9.17, 15) is 9.59 Å². The fourth-order valence-electron chi connectivity index (χ4n) is 2.10. The van der Waals surface area contributed by atoms with Gasteiger partial charge in [0.1, 0.15) is 18.1 Å². The molecule has 2 aromatic rings. The third-order valence-electron chi connectivity index (χ3n) is 3.34. The molecule has 132 valence electrons. The summed E-state index contributed by atoms with van der Waals surface area (Å²) >= 11 is 0. The van der Waals surface area contributed by atoms with Crippen LogP contribution in [0.25, 0.3) is 0 Å². The monoisotopic (exact) mass is 342 g/mol. The minimum atomic E-state index is -0.328. The molecule has 0 atom stereocenters. The lowest BCUT2D eigenvalue weighted by atomic mass is 10.1. The topological polar surface area (TPSA) is 76.7 Å². The van der Waals surface area contributed by atoms with Gasteiger partial charge in [0.05, 0.1) is 13.2 Å². The number of amides is 2. The molecule has 0 aliphatic rings. The van der Waals surface area contributed by atoms with Crippen molar-refractivity contribution in [2.75, 3.05) is 25.1 Å². The molecule has 0 bridgehead atoms. The number of benzene rings is 2. The maximum Gasteiger partial charge on any atom is 0.319 e. The first-order chi connectivity index (χ1) is 12.1. The highest BCUT2D eigenvalue weighted by molar-refractivity contribution is 5.95. The predicted molar refractivity (Wildman–Crippen MR) is 96.6 cm³/mol. The quantitative estimate of drug-likeness (QED) is 0.569. The summed E-state index contributed by atoms with van der Waals surface area (Å²) in [6.45, 7) is 4.77. The van der Waals surface area contributed by atoms with Crippen molar-refractivity contribution in [2.24, 2.45) is 0 Å². The van der Waals surface area contributed by atoms with E-state index in [-0.39, 0.29) is 11.8 Å². The highest BCUT2D eigenvalue weighted by Gasteiger charge is 2.03. The van der Waals surface area contributed by atoms with E-state index in [1.54, 1.807) is 24.3 Å². The number of urea groups is 1. The van der Waals surface area contributed by atoms with Crippen LogP contribution in [0.15, 0.2) is 48.5 Å². The molecular formula is C19H22N2O4. The third-order valence-corrected chi connectivity index (χ3v) is 3.34. The van der Waals surface area contributed by atoms with E-state index in [1.165, 1.54) is 6.92 Å². The summed E-state index contributed by atoms with van der Waals surface area (Å²) in [4.78, 5) is 23.0. The van der Waals surface area contributed by atoms with Gasteiger partial charge in [-0.2, -0.15) is 0 Å². The molecule has 6 nitrogen and oxygen atoms in total. The summed E-state index contributed by atoms with van der Waals surface area (Å²) < 4.78 is 10.9. The Hall–Kier alpha value is -3.02. The average Bonchev–Trinajstić information content (AvgIpc) is 2.61. The Balaban J connectivity index is 1.68. The molecule has 2 N–H and O–H groups in total. The molecule has 0 aliphatic heterocycles. The molecular weight excluding hydrogens is 320 g/mol. The van der Waals surface area contributed by atoms with Crippen molar-refractivity contribution in [3.63, 3.8) is 0 Å². The molecule has 2 amide bonds. The Kier molecular flexibility index (Phi) is 6.83. The normalized spacial score (nSPS) is 10.0. The lowest BCUT2D eigenvalue weighted by Gasteiger charge is -2.10. The van der Waals surface area contributed by atoms with Crippen molar-refractivity contribution in [1.82, 2.24) is 5.32 Å². The number of rotatable bonds is 8. The van der Waals surface area contributed by atoms with Crippen LogP contribution in [0.5, 0.6) is 11.5 Å². The summed E-state index contributed by atoms with van der Waals surface area (Å²) in [5.41, 5.74) is 1.23. The molecule has 2 rings (SSSR count). The second-order valence-electron chi connectivity index (χ2n) is 5.27. The van der Waals surface area contributed by atoms with Crippen LogP contribution in [0, 0.1) is 0 Å². The number of Topliss-reactive ketones (excluding diaryl/α,β-unsaturated/α-hetero) is 1. The molecule has 0 fully saturated rings. The molecule has 25 heavy (non-hydrogen) atoms. The number of hydrogen-bond donors (Lipinski definition) is 2. The average molecular weight is 342 g/mol. The second-order valence-corrected chi connectivity index (χ2v) is 5.27. The zero-order valence-electron chi connectivity index (χ0n) is 14.4. The maximum absolute atomic E-state index is 11.8. The van der Waals surface area contributed by atoms with Gasteiger partial charge in [0.15, 0.2) is 5.78 Å². The molecule has 0 radical (unpaired) electrons. The highest BCUT2D eigenvalue weighted by Crippen LogP contribution is 2.17. The van der Waals surface area contributed by atoms with E-state index in [2.05, 4.69) is 10.6 Å². The lowest BCUT2D eigenvalue weighted by Crippen LogP contribution is -2.32. The fraction of sp³-hybridized carbons (Fsp3) is 0.263. The Bertz CT molecular complexity index is 696. The summed E-state index contributed by atoms with van der Waals surface area (Å²) in [5, 5.41) is 5.40. The molecule has 0 aromatic heterocycles. The van der Waals surface area contributed by atoms with Crippen LogP contribution in [0.3, 0.4) is 0 Å². The minimum absolute atomic E-state index is 0.0116. The maximum atomic E-state index is 11.8. The number of hydrogen-bond acceptors (Lipinski definition) is 4. The van der Waals surface area contributed by atoms with Gasteiger partial charge in [0.2, 0.25) is 0 Å². The van der Waals surface area contributed by atoms with Crippen LogP contribution in [0.1, 0.15) is 24.2 Å². The van der Waals surface area contributed by atoms with Gasteiger partial charge in [-0.25, -0.2) is 4.79 Å². The molecule has 0 heterocycles. The minimum Gasteiger partial charge on any atom is -0.494 e. The SMILES string of the molecule is CCOc1ccc(OCCNC(=O)Nc2ccc(C(C)=O)cc2)cc1. The number of anilines is 1. The zero-order chi connectivity index (χ0) is 18.1. The number of ether oxygens (including phenoxy) is 2. The fourth-order valence-corrected chi connectivity index (χ4v) is 2.10. The van der Waals surface area contributed by atoms with Gasteiger partial charge in [-0.05, 0) is 62.4 Å². The summed E-state index contributed by atoms with van der Waals surface area (Å²) in [5.74, 6) is 1.50. The first-order valence-corrected chi connectivity index (χ1v) is 8.10. The van der Waals surface area contributed by atoms with Crippen LogP contribution in [0.4, 0.5) is 10.5 Å². The van der Waals surface area contributed by atoms with Gasteiger partial charge in [-0.15, -0.1) is 0 Å². The van der Waals surface area contributed by atoms with E-state index in [0.29, 0.717) is 36.8 Å². The van der Waals surface area contributed by atoms with Gasteiger partial charge in [0, 0.05) is 11.3 Å². The number of ketones is 1. The Morgan fingerprint density at radius 2 is 1.52 bits per heavy atom. The van der Waals surface area contributed by atoms with E-state index in [4.69, 9.17) is 9.47 Å². The molecule has 6 heteroatoms. The van der Waals surface area contributed by atoms with Gasteiger partial charge >= 0.3 is 6.03 Å². The summed E-state index contributed by atoms with van der Waals surface area (Å²) in [6.07, 6.45) is 0. The first-order valence-electron chi connectivity index (χ1n) is 8.10. The van der Waals surface area contributed by atoms with Gasteiger partial charge in [-0.1, -0.05) is 0 Å². The molecule has 0 spiro atoms. The van der Waals surface area contributed by atoms with Crippen molar-refractivity contribution in [3.8, 4) is 11.5 Å². The van der Waals surface area contributed by atoms with Crippen molar-refractivity contribution in [1.29, 1.82) is 0 Å². The Labute approximate surface area is 147 Å². The second kappa shape index (κ2) is 9.32. The smallest absolute Gasteiger partial charge is 0.319 e. The van der Waals surface area contributed by atoms with Crippen LogP contribution in [-0.2, 0) is 0 Å². The van der Waals surface area contributed by atoms with Crippen LogP contribution >= 0.6 is 0 Å². The van der Waals surface area contributed by atoms with Crippen molar-refractivity contribution >= 4 is 17.5 Å². The molecule has 0 saturated heterocycles. The molecule has 0 aliphatic carbocycles. The van der Waals surface area contributed by atoms with Crippen LogP contribution in [-0.4, -0.2) is 31.6 Å². The number of carbonyl (C=O) groups excluding carboxylic acids is 2. The molecule has 0 saturated carbocycles. The third kappa shape index (κ3) is 6.18. The van der Waals surface area contributed by atoms with Gasteiger partial charge < -0.3 is 20.1 Å². The molecule has 0 unspecified atom stereocenters. The summed E-state index contributed by atoms with van der Waals surface area (Å²) in [7, 11) is 0. The zero-order valence-corrected chi connectivity index (χ0v) is 14.4. The standard InChI is InChI=1S/C19H22N2O4/c1-3-24-17-8-10-18(11-9-17)25-13-12-20-19(23)21-16-6-4-15(5-7-16)14(2)22/h4-11H,3,12-13H2,1-2H3,(H2,20,21,23). The Morgan fingerprint density at radius 3 is 2.08 bits per heavy atom. The first kappa shape index (κ1) is 18.3. The van der Waals surface area contributed by atoms with Gasteiger partial charge in [0.25, 0.3) is 0 Å². The largest absolute Gasteiger partial charge is 0.494 e. The Morgan fingerprint density at radius 1 is 0.920 bits per heavy atom. The van der Waals surface area contributed by atoms with E-state index < -0.39 is 0 Å². The van der Waals surface area contributed by atoms with Crippen molar-refractivity contribution in [3.05, 3.63) is 54.1 Å². The lowest BCUT2D eigenvalue weighted by molar-refractivity contribution is 0.101. The number of nitrogens with one attached hydrogen (secondary N) is 2.